The number of hydrogen-bond donors (Lipinski definition) is 0. The molecule has 0 radical (unpaired) electrons. The van der Waals surface area contributed by atoms with Gasteiger partial charge in [0.05, 0.1) is 21.3 Å². The largest absolute Gasteiger partial charge is 0.338 e. The molecule has 1 unspecified atom stereocenters. The van der Waals surface area contributed by atoms with Gasteiger partial charge in [0.15, 0.2) is 0 Å². The van der Waals surface area contributed by atoms with Gasteiger partial charge in [0.1, 0.15) is 12.0 Å². The van der Waals surface area contributed by atoms with Crippen molar-refractivity contribution in [3.63, 3.8) is 0 Å². The molecule has 3 aromatic heterocycles. The molecule has 0 saturated carbocycles. The van der Waals surface area contributed by atoms with Crippen LogP contribution in [0, 0.1) is 5.92 Å². The maximum atomic E-state index is 13.3. The fraction of sp³-hybridized carbons (Fsp3) is 0.389. The zero-order valence-corrected chi connectivity index (χ0v) is 16.8. The fourth-order valence-corrected chi connectivity index (χ4v) is 4.17. The molecule has 1 fully saturated rings. The first-order valence-electron chi connectivity index (χ1n) is 8.93. The number of fused-ring (bicyclic) bond motifs is 1. The number of rotatable bonds is 3. The SMILES string of the molecule is CC1CCN(C(=O)c2c(Cl)cncc2Cl)C[C@H]1c1cc(C(F)F)nc2ncnn12. The minimum atomic E-state index is -2.73. The van der Waals surface area contributed by atoms with E-state index in [1.165, 1.54) is 29.3 Å². The maximum absolute atomic E-state index is 13.3. The Bertz CT molecular complexity index is 1060. The lowest BCUT2D eigenvalue weighted by molar-refractivity contribution is 0.0665. The Morgan fingerprint density at radius 1 is 1.28 bits per heavy atom. The van der Waals surface area contributed by atoms with Gasteiger partial charge in [-0.1, -0.05) is 30.1 Å². The molecule has 4 heterocycles. The minimum Gasteiger partial charge on any atom is -0.338 e. The lowest BCUT2D eigenvalue weighted by Gasteiger charge is -2.37. The van der Waals surface area contributed by atoms with E-state index in [-0.39, 0.29) is 44.8 Å². The van der Waals surface area contributed by atoms with Gasteiger partial charge >= 0.3 is 0 Å². The first-order chi connectivity index (χ1) is 13.9. The molecular weight excluding hydrogens is 425 g/mol. The van der Waals surface area contributed by atoms with Gasteiger partial charge < -0.3 is 4.90 Å². The van der Waals surface area contributed by atoms with Crippen molar-refractivity contribution >= 4 is 34.9 Å². The summed E-state index contributed by atoms with van der Waals surface area (Å²) in [6, 6.07) is 1.34. The number of likely N-dealkylation sites (tertiary alicyclic amines) is 1. The van der Waals surface area contributed by atoms with Crippen molar-refractivity contribution in [1.82, 2.24) is 29.5 Å². The molecule has 0 spiro atoms. The van der Waals surface area contributed by atoms with Crippen LogP contribution in [0.2, 0.25) is 10.0 Å². The molecule has 0 aromatic carbocycles. The van der Waals surface area contributed by atoms with Gasteiger partial charge in [-0.15, -0.1) is 0 Å². The predicted molar refractivity (Wildman–Crippen MR) is 102 cm³/mol. The summed E-state index contributed by atoms with van der Waals surface area (Å²) in [4.78, 5) is 26.4. The number of piperidine rings is 1. The Balaban J connectivity index is 1.71. The predicted octanol–water partition coefficient (Wildman–Crippen LogP) is 4.03. The van der Waals surface area contributed by atoms with Gasteiger partial charge in [-0.25, -0.2) is 18.3 Å². The van der Waals surface area contributed by atoms with E-state index < -0.39 is 6.43 Å². The zero-order chi connectivity index (χ0) is 20.7. The lowest BCUT2D eigenvalue weighted by atomic mass is 9.84. The third kappa shape index (κ3) is 3.64. The molecule has 0 aliphatic carbocycles. The van der Waals surface area contributed by atoms with E-state index in [4.69, 9.17) is 23.2 Å². The van der Waals surface area contributed by atoms with E-state index in [0.717, 1.165) is 0 Å². The standard InChI is InChI=1S/C18H16Cl2F2N6O/c1-9-2-3-27(17(29)15-11(19)5-23-6-12(15)20)7-10(9)14-4-13(16(21)22)26-18-24-8-25-28(14)18/h4-6,8-10,16H,2-3,7H2,1H3/t9?,10-/m1/s1. The van der Waals surface area contributed by atoms with Crippen molar-refractivity contribution < 1.29 is 13.6 Å². The molecule has 0 bridgehead atoms. The highest BCUT2D eigenvalue weighted by molar-refractivity contribution is 6.39. The fourth-order valence-electron chi connectivity index (χ4n) is 3.64. The minimum absolute atomic E-state index is 0.105. The van der Waals surface area contributed by atoms with E-state index in [1.54, 1.807) is 4.90 Å². The second-order valence-electron chi connectivity index (χ2n) is 6.98. The number of nitrogens with zero attached hydrogens (tertiary/aromatic N) is 6. The number of halogens is 4. The normalized spacial score (nSPS) is 19.9. The highest BCUT2D eigenvalue weighted by Gasteiger charge is 2.34. The third-order valence-corrected chi connectivity index (χ3v) is 5.79. The van der Waals surface area contributed by atoms with Crippen LogP contribution in [0.5, 0.6) is 0 Å². The smallest absolute Gasteiger partial charge is 0.280 e. The van der Waals surface area contributed by atoms with Gasteiger partial charge in [0.2, 0.25) is 0 Å². The van der Waals surface area contributed by atoms with E-state index in [1.807, 2.05) is 6.92 Å². The molecule has 1 aliphatic heterocycles. The molecule has 7 nitrogen and oxygen atoms in total. The summed E-state index contributed by atoms with van der Waals surface area (Å²) in [5.74, 6) is -0.328. The lowest BCUT2D eigenvalue weighted by Crippen LogP contribution is -2.43. The highest BCUT2D eigenvalue weighted by Crippen LogP contribution is 2.35. The maximum Gasteiger partial charge on any atom is 0.280 e. The number of amides is 1. The number of alkyl halides is 2. The second kappa shape index (κ2) is 7.79. The number of hydrogen-bond acceptors (Lipinski definition) is 5. The molecular formula is C18H16Cl2F2N6O. The average molecular weight is 441 g/mol. The van der Waals surface area contributed by atoms with Crippen LogP contribution in [0.3, 0.4) is 0 Å². The Labute approximate surface area is 174 Å². The topological polar surface area (TPSA) is 76.3 Å². The average Bonchev–Trinajstić information content (AvgIpc) is 3.16. The summed E-state index contributed by atoms with van der Waals surface area (Å²) >= 11 is 12.3. The van der Waals surface area contributed by atoms with Crippen molar-refractivity contribution in [3.05, 3.63) is 51.8 Å². The molecule has 1 amide bonds. The van der Waals surface area contributed by atoms with Crippen LogP contribution in [0.25, 0.3) is 5.78 Å². The van der Waals surface area contributed by atoms with Crippen LogP contribution in [0.15, 0.2) is 24.8 Å². The summed E-state index contributed by atoms with van der Waals surface area (Å²) in [6.07, 6.45) is 1.94. The van der Waals surface area contributed by atoms with Gasteiger partial charge in [-0.2, -0.15) is 10.1 Å². The van der Waals surface area contributed by atoms with Crippen molar-refractivity contribution in [1.29, 1.82) is 0 Å². The van der Waals surface area contributed by atoms with E-state index in [0.29, 0.717) is 25.2 Å². The summed E-state index contributed by atoms with van der Waals surface area (Å²) < 4.78 is 28.1. The third-order valence-electron chi connectivity index (χ3n) is 5.22. The Kier molecular flexibility index (Phi) is 5.35. The number of carbonyl (C=O) groups excluding carboxylic acids is 1. The van der Waals surface area contributed by atoms with E-state index in [9.17, 15) is 13.6 Å². The van der Waals surface area contributed by atoms with Crippen molar-refractivity contribution in [2.24, 2.45) is 5.92 Å². The summed E-state index contributed by atoms with van der Waals surface area (Å²) in [5.41, 5.74) is 0.363. The van der Waals surface area contributed by atoms with Crippen molar-refractivity contribution in [2.75, 3.05) is 13.1 Å². The quantitative estimate of drug-likeness (QED) is 0.614. The van der Waals surface area contributed by atoms with Crippen LogP contribution >= 0.6 is 23.2 Å². The second-order valence-corrected chi connectivity index (χ2v) is 7.79. The van der Waals surface area contributed by atoms with Crippen LogP contribution in [0.4, 0.5) is 8.78 Å². The monoisotopic (exact) mass is 440 g/mol. The summed E-state index contributed by atoms with van der Waals surface area (Å²) in [7, 11) is 0. The molecule has 2 atom stereocenters. The van der Waals surface area contributed by atoms with Gasteiger partial charge in [-0.05, 0) is 18.4 Å². The van der Waals surface area contributed by atoms with Crippen LogP contribution < -0.4 is 0 Å². The zero-order valence-electron chi connectivity index (χ0n) is 15.3. The van der Waals surface area contributed by atoms with Gasteiger partial charge in [-0.3, -0.25) is 9.78 Å². The van der Waals surface area contributed by atoms with Crippen molar-refractivity contribution in [3.8, 4) is 0 Å². The first kappa shape index (κ1) is 19.9. The molecule has 29 heavy (non-hydrogen) atoms. The Morgan fingerprint density at radius 2 is 2.00 bits per heavy atom. The molecule has 4 rings (SSSR count). The number of carbonyl (C=O) groups is 1. The molecule has 11 heteroatoms. The molecule has 1 aliphatic rings. The van der Waals surface area contributed by atoms with Gasteiger partial charge in [0, 0.05) is 31.4 Å². The van der Waals surface area contributed by atoms with E-state index >= 15 is 0 Å². The number of aromatic nitrogens is 5. The molecule has 1 saturated heterocycles. The molecule has 3 aromatic rings. The number of pyridine rings is 1. The van der Waals surface area contributed by atoms with Crippen molar-refractivity contribution in [2.45, 2.75) is 25.7 Å². The van der Waals surface area contributed by atoms with Crippen LogP contribution in [-0.2, 0) is 0 Å². The first-order valence-corrected chi connectivity index (χ1v) is 9.69. The molecule has 152 valence electrons. The summed E-state index contributed by atoms with van der Waals surface area (Å²) in [5, 5.41) is 4.46. The van der Waals surface area contributed by atoms with Gasteiger partial charge in [0.25, 0.3) is 18.1 Å². The van der Waals surface area contributed by atoms with E-state index in [2.05, 4.69) is 20.1 Å². The summed E-state index contributed by atoms with van der Waals surface area (Å²) in [6.45, 7) is 2.82. The van der Waals surface area contributed by atoms with Crippen LogP contribution in [0.1, 0.15) is 47.4 Å². The highest BCUT2D eigenvalue weighted by atomic mass is 35.5. The Morgan fingerprint density at radius 3 is 2.69 bits per heavy atom. The molecule has 0 N–H and O–H groups in total. The van der Waals surface area contributed by atoms with Crippen LogP contribution in [-0.4, -0.2) is 48.5 Å². The Hall–Kier alpha value is -2.39.